The molecule has 0 aromatic carbocycles. The lowest BCUT2D eigenvalue weighted by atomic mass is 10.1. The fourth-order valence-electron chi connectivity index (χ4n) is 2.74. The fraction of sp³-hybridized carbons (Fsp3) is 0.923. The summed E-state index contributed by atoms with van der Waals surface area (Å²) >= 11 is 0. The van der Waals surface area contributed by atoms with Crippen molar-refractivity contribution in [1.82, 2.24) is 20.4 Å². The molecule has 0 aromatic rings. The molecule has 104 valence electrons. The van der Waals surface area contributed by atoms with Gasteiger partial charge in [-0.2, -0.15) is 0 Å². The van der Waals surface area contributed by atoms with Crippen LogP contribution in [-0.4, -0.2) is 74.1 Å². The van der Waals surface area contributed by atoms with Crippen LogP contribution < -0.4 is 10.6 Å². The Morgan fingerprint density at radius 2 is 1.83 bits per heavy atom. The van der Waals surface area contributed by atoms with E-state index >= 15 is 0 Å². The highest BCUT2D eigenvalue weighted by Gasteiger charge is 2.20. The Hall–Kier alpha value is -0.650. The molecular weight excluding hydrogens is 228 g/mol. The van der Waals surface area contributed by atoms with Gasteiger partial charge in [0.15, 0.2) is 0 Å². The summed E-state index contributed by atoms with van der Waals surface area (Å²) in [6.07, 6.45) is 2.20. The van der Waals surface area contributed by atoms with Crippen molar-refractivity contribution in [2.75, 3.05) is 52.4 Å². The molecule has 0 radical (unpaired) electrons. The molecule has 0 saturated carbocycles. The molecule has 5 nitrogen and oxygen atoms in total. The number of hydrogen-bond acceptors (Lipinski definition) is 4. The first-order valence-corrected chi connectivity index (χ1v) is 7.22. The molecule has 18 heavy (non-hydrogen) atoms. The lowest BCUT2D eigenvalue weighted by Gasteiger charge is -2.32. The summed E-state index contributed by atoms with van der Waals surface area (Å²) in [5.41, 5.74) is 0. The number of piperidine rings is 1. The maximum Gasteiger partial charge on any atom is 0.234 e. The zero-order valence-corrected chi connectivity index (χ0v) is 11.5. The van der Waals surface area contributed by atoms with Crippen LogP contribution in [0.2, 0.25) is 0 Å². The summed E-state index contributed by atoms with van der Waals surface area (Å²) in [6, 6.07) is 0.392. The molecule has 2 heterocycles. The van der Waals surface area contributed by atoms with Gasteiger partial charge in [0.05, 0.1) is 6.54 Å². The summed E-state index contributed by atoms with van der Waals surface area (Å²) in [7, 11) is 0. The number of carbonyl (C=O) groups is 1. The molecule has 0 aromatic heterocycles. The minimum absolute atomic E-state index is 0.201. The average Bonchev–Trinajstić information content (AvgIpc) is 2.40. The van der Waals surface area contributed by atoms with Gasteiger partial charge in [-0.25, -0.2) is 0 Å². The monoisotopic (exact) mass is 254 g/mol. The van der Waals surface area contributed by atoms with E-state index in [1.807, 2.05) is 0 Å². The second-order valence-corrected chi connectivity index (χ2v) is 5.30. The van der Waals surface area contributed by atoms with E-state index in [4.69, 9.17) is 0 Å². The molecule has 0 atom stereocenters. The lowest BCUT2D eigenvalue weighted by molar-refractivity contribution is -0.123. The van der Waals surface area contributed by atoms with Gasteiger partial charge in [0.1, 0.15) is 0 Å². The van der Waals surface area contributed by atoms with Crippen LogP contribution in [0.25, 0.3) is 0 Å². The second-order valence-electron chi connectivity index (χ2n) is 5.30. The van der Waals surface area contributed by atoms with Gasteiger partial charge in [-0.05, 0) is 19.4 Å². The highest BCUT2D eigenvalue weighted by Crippen LogP contribution is 2.09. The molecule has 5 heteroatoms. The first-order chi connectivity index (χ1) is 8.78. The summed E-state index contributed by atoms with van der Waals surface area (Å²) in [4.78, 5) is 16.6. The smallest absolute Gasteiger partial charge is 0.234 e. The first kappa shape index (κ1) is 13.8. The Morgan fingerprint density at radius 3 is 2.44 bits per heavy atom. The fourth-order valence-corrected chi connectivity index (χ4v) is 2.74. The first-order valence-electron chi connectivity index (χ1n) is 7.22. The topological polar surface area (TPSA) is 47.6 Å². The Labute approximate surface area is 110 Å². The third kappa shape index (κ3) is 4.23. The van der Waals surface area contributed by atoms with E-state index in [-0.39, 0.29) is 5.91 Å². The highest BCUT2D eigenvalue weighted by atomic mass is 16.2. The van der Waals surface area contributed by atoms with Gasteiger partial charge in [0, 0.05) is 45.3 Å². The quantitative estimate of drug-likeness (QED) is 0.709. The van der Waals surface area contributed by atoms with E-state index in [1.54, 1.807) is 0 Å². The number of carbonyl (C=O) groups excluding carboxylic acids is 1. The molecule has 0 unspecified atom stereocenters. The number of rotatable bonds is 4. The van der Waals surface area contributed by atoms with Gasteiger partial charge < -0.3 is 15.5 Å². The van der Waals surface area contributed by atoms with E-state index < -0.39 is 0 Å². The van der Waals surface area contributed by atoms with Crippen LogP contribution in [0.1, 0.15) is 19.8 Å². The average molecular weight is 254 g/mol. The number of piperazine rings is 1. The molecule has 2 aliphatic rings. The number of amides is 1. The number of nitrogens with zero attached hydrogens (tertiary/aromatic N) is 2. The minimum atomic E-state index is 0.201. The van der Waals surface area contributed by atoms with Crippen LogP contribution in [0.15, 0.2) is 0 Å². The van der Waals surface area contributed by atoms with Crippen molar-refractivity contribution < 1.29 is 4.79 Å². The predicted molar refractivity (Wildman–Crippen MR) is 72.6 cm³/mol. The van der Waals surface area contributed by atoms with Crippen molar-refractivity contribution in [1.29, 1.82) is 0 Å². The van der Waals surface area contributed by atoms with Crippen molar-refractivity contribution in [3.05, 3.63) is 0 Å². The summed E-state index contributed by atoms with van der Waals surface area (Å²) in [6.45, 7) is 10.1. The zero-order valence-electron chi connectivity index (χ0n) is 11.5. The van der Waals surface area contributed by atoms with Gasteiger partial charge in [0.2, 0.25) is 5.91 Å². The molecule has 0 spiro atoms. The SMILES string of the molecule is CCN1CCC(NC(=O)CN2CCNCC2)CC1. The minimum Gasteiger partial charge on any atom is -0.352 e. The molecule has 0 bridgehead atoms. The van der Waals surface area contributed by atoms with E-state index in [0.29, 0.717) is 12.6 Å². The normalized spacial score (nSPS) is 24.1. The largest absolute Gasteiger partial charge is 0.352 e. The summed E-state index contributed by atoms with van der Waals surface area (Å²) < 4.78 is 0. The standard InChI is InChI=1S/C13H26N4O/c1-2-16-7-3-12(4-8-16)15-13(18)11-17-9-5-14-6-10-17/h12,14H,2-11H2,1H3,(H,15,18). The predicted octanol–water partition coefficient (Wildman–Crippen LogP) is -0.508. The van der Waals surface area contributed by atoms with Crippen molar-refractivity contribution in [2.45, 2.75) is 25.8 Å². The molecule has 2 aliphatic heterocycles. The second kappa shape index (κ2) is 7.07. The van der Waals surface area contributed by atoms with E-state index in [0.717, 1.165) is 58.7 Å². The number of nitrogens with one attached hydrogen (secondary N) is 2. The summed E-state index contributed by atoms with van der Waals surface area (Å²) in [5.74, 6) is 0.201. The third-order valence-electron chi connectivity index (χ3n) is 3.98. The third-order valence-corrected chi connectivity index (χ3v) is 3.98. The van der Waals surface area contributed by atoms with Crippen LogP contribution in [0.4, 0.5) is 0 Å². The van der Waals surface area contributed by atoms with Gasteiger partial charge in [0.25, 0.3) is 0 Å². The van der Waals surface area contributed by atoms with Crippen LogP contribution in [-0.2, 0) is 4.79 Å². The Bertz CT molecular complexity index is 258. The molecule has 2 N–H and O–H groups in total. The van der Waals surface area contributed by atoms with Crippen LogP contribution in [0, 0.1) is 0 Å². The van der Waals surface area contributed by atoms with E-state index in [9.17, 15) is 4.79 Å². The molecule has 1 amide bonds. The van der Waals surface area contributed by atoms with E-state index in [2.05, 4.69) is 27.4 Å². The van der Waals surface area contributed by atoms with Gasteiger partial charge in [-0.3, -0.25) is 9.69 Å². The van der Waals surface area contributed by atoms with Gasteiger partial charge in [-0.1, -0.05) is 6.92 Å². The van der Waals surface area contributed by atoms with Crippen molar-refractivity contribution in [3.8, 4) is 0 Å². The lowest BCUT2D eigenvalue weighted by Crippen LogP contribution is -2.50. The number of likely N-dealkylation sites (tertiary alicyclic amines) is 1. The van der Waals surface area contributed by atoms with Crippen molar-refractivity contribution in [3.63, 3.8) is 0 Å². The van der Waals surface area contributed by atoms with Gasteiger partial charge >= 0.3 is 0 Å². The number of hydrogen-bond donors (Lipinski definition) is 2. The van der Waals surface area contributed by atoms with Crippen LogP contribution in [0.5, 0.6) is 0 Å². The Kier molecular flexibility index (Phi) is 5.41. The Balaban J connectivity index is 1.65. The van der Waals surface area contributed by atoms with Crippen LogP contribution >= 0.6 is 0 Å². The molecular formula is C13H26N4O. The molecule has 0 aliphatic carbocycles. The van der Waals surface area contributed by atoms with Crippen LogP contribution in [0.3, 0.4) is 0 Å². The van der Waals surface area contributed by atoms with Crippen molar-refractivity contribution >= 4 is 5.91 Å². The molecule has 2 saturated heterocycles. The van der Waals surface area contributed by atoms with Gasteiger partial charge in [-0.15, -0.1) is 0 Å². The molecule has 2 rings (SSSR count). The van der Waals surface area contributed by atoms with Crippen molar-refractivity contribution in [2.24, 2.45) is 0 Å². The highest BCUT2D eigenvalue weighted by molar-refractivity contribution is 5.78. The maximum absolute atomic E-state index is 11.9. The molecule has 2 fully saturated rings. The Morgan fingerprint density at radius 1 is 1.17 bits per heavy atom. The summed E-state index contributed by atoms with van der Waals surface area (Å²) in [5, 5.41) is 6.48. The van der Waals surface area contributed by atoms with E-state index in [1.165, 1.54) is 0 Å². The maximum atomic E-state index is 11.9. The zero-order chi connectivity index (χ0) is 12.8.